The van der Waals surface area contributed by atoms with Crippen LogP contribution in [0.2, 0.25) is 0 Å². The number of hydrogen-bond acceptors (Lipinski definition) is 8. The molecule has 0 unspecified atom stereocenters. The molecule has 1 fully saturated rings. The molecular formula is C17H20N8O. The summed E-state index contributed by atoms with van der Waals surface area (Å²) < 4.78 is 7.54. The molecule has 0 spiro atoms. The van der Waals surface area contributed by atoms with Gasteiger partial charge in [-0.1, -0.05) is 0 Å². The highest BCUT2D eigenvalue weighted by molar-refractivity contribution is 5.45. The van der Waals surface area contributed by atoms with E-state index in [0.717, 1.165) is 18.2 Å². The summed E-state index contributed by atoms with van der Waals surface area (Å²) in [4.78, 5) is 19.3. The van der Waals surface area contributed by atoms with Crippen molar-refractivity contribution in [2.45, 2.75) is 12.1 Å². The minimum absolute atomic E-state index is 0.00267. The van der Waals surface area contributed by atoms with Crippen LogP contribution >= 0.6 is 0 Å². The minimum Gasteiger partial charge on any atom is -0.377 e. The van der Waals surface area contributed by atoms with Gasteiger partial charge < -0.3 is 25.3 Å². The van der Waals surface area contributed by atoms with Crippen molar-refractivity contribution in [1.82, 2.24) is 24.5 Å². The molecular weight excluding hydrogens is 332 g/mol. The first-order valence-corrected chi connectivity index (χ1v) is 8.31. The molecule has 3 aromatic rings. The van der Waals surface area contributed by atoms with Crippen LogP contribution in [0.4, 0.5) is 17.6 Å². The standard InChI is InChI=1S/C17H20N8O/c1-26-13-11-25(15-4-5-19-17(18)23-15)10-12(13)22-14-8-21-16(9-20-14)24-6-2-3-7-24/h2-9,12-13H,10-11H2,1H3,(H,20,22)(H2,18,19,23)/t12-,13+/m0/s1. The summed E-state index contributed by atoms with van der Waals surface area (Å²) in [6, 6.07) is 5.80. The van der Waals surface area contributed by atoms with Gasteiger partial charge in [0.05, 0.1) is 24.5 Å². The lowest BCUT2D eigenvalue weighted by Gasteiger charge is -2.18. The number of methoxy groups -OCH3 is 1. The van der Waals surface area contributed by atoms with Gasteiger partial charge in [0.25, 0.3) is 0 Å². The first kappa shape index (κ1) is 16.3. The molecule has 0 aromatic carbocycles. The van der Waals surface area contributed by atoms with Crippen LogP contribution in [0.15, 0.2) is 49.2 Å². The van der Waals surface area contributed by atoms with Gasteiger partial charge >= 0.3 is 0 Å². The number of nitrogens with two attached hydrogens (primary N) is 1. The Morgan fingerprint density at radius 1 is 1.12 bits per heavy atom. The van der Waals surface area contributed by atoms with Crippen molar-refractivity contribution in [2.75, 3.05) is 36.1 Å². The van der Waals surface area contributed by atoms with Crippen LogP contribution in [0, 0.1) is 0 Å². The summed E-state index contributed by atoms with van der Waals surface area (Å²) in [6.07, 6.45) is 8.99. The monoisotopic (exact) mass is 352 g/mol. The van der Waals surface area contributed by atoms with Crippen LogP contribution < -0.4 is 16.0 Å². The first-order chi connectivity index (χ1) is 12.7. The third-order valence-corrected chi connectivity index (χ3v) is 4.39. The minimum atomic E-state index is -0.00267. The average Bonchev–Trinajstić information content (AvgIpc) is 3.32. The Hall–Kier alpha value is -3.20. The largest absolute Gasteiger partial charge is 0.377 e. The van der Waals surface area contributed by atoms with Gasteiger partial charge in [-0.25, -0.2) is 15.0 Å². The SMILES string of the molecule is CO[C@@H]1CN(c2ccnc(N)n2)C[C@@H]1Nc1cnc(-n2cccc2)cn1. The Morgan fingerprint density at radius 3 is 2.65 bits per heavy atom. The number of nitrogens with zero attached hydrogens (tertiary/aromatic N) is 6. The molecule has 1 aliphatic heterocycles. The van der Waals surface area contributed by atoms with Crippen LogP contribution in [-0.2, 0) is 4.74 Å². The van der Waals surface area contributed by atoms with E-state index in [1.807, 2.05) is 35.2 Å². The maximum atomic E-state index is 5.69. The lowest BCUT2D eigenvalue weighted by atomic mass is 10.2. The predicted molar refractivity (Wildman–Crippen MR) is 98.2 cm³/mol. The molecule has 2 atom stereocenters. The van der Waals surface area contributed by atoms with Gasteiger partial charge in [-0.2, -0.15) is 4.98 Å². The molecule has 4 rings (SSSR count). The van der Waals surface area contributed by atoms with E-state index >= 15 is 0 Å². The number of ether oxygens (including phenoxy) is 1. The maximum absolute atomic E-state index is 5.69. The maximum Gasteiger partial charge on any atom is 0.221 e. The molecule has 0 amide bonds. The molecule has 0 aliphatic carbocycles. The van der Waals surface area contributed by atoms with Crippen molar-refractivity contribution in [3.05, 3.63) is 49.2 Å². The highest BCUT2D eigenvalue weighted by Gasteiger charge is 2.34. The van der Waals surface area contributed by atoms with Gasteiger partial charge in [0, 0.05) is 38.8 Å². The van der Waals surface area contributed by atoms with Gasteiger partial charge in [-0.05, 0) is 18.2 Å². The fourth-order valence-electron chi connectivity index (χ4n) is 3.08. The molecule has 0 saturated carbocycles. The first-order valence-electron chi connectivity index (χ1n) is 8.31. The summed E-state index contributed by atoms with van der Waals surface area (Å²) in [5.74, 6) is 2.53. The molecule has 3 N–H and O–H groups in total. The smallest absolute Gasteiger partial charge is 0.221 e. The topological polar surface area (TPSA) is 107 Å². The Bertz CT molecular complexity index is 851. The summed E-state index contributed by atoms with van der Waals surface area (Å²) in [5.41, 5.74) is 5.69. The fraction of sp³-hybridized carbons (Fsp3) is 0.294. The molecule has 3 aromatic heterocycles. The third kappa shape index (κ3) is 3.29. The predicted octanol–water partition coefficient (Wildman–Crippen LogP) is 0.955. The fourth-order valence-corrected chi connectivity index (χ4v) is 3.08. The highest BCUT2D eigenvalue weighted by Crippen LogP contribution is 2.22. The van der Waals surface area contributed by atoms with Gasteiger partial charge in [0.1, 0.15) is 11.6 Å². The van der Waals surface area contributed by atoms with E-state index in [4.69, 9.17) is 10.5 Å². The second-order valence-corrected chi connectivity index (χ2v) is 6.05. The van der Waals surface area contributed by atoms with Crippen molar-refractivity contribution in [3.8, 4) is 5.82 Å². The highest BCUT2D eigenvalue weighted by atomic mass is 16.5. The molecule has 26 heavy (non-hydrogen) atoms. The molecule has 0 radical (unpaired) electrons. The van der Waals surface area contributed by atoms with E-state index in [0.29, 0.717) is 12.4 Å². The lowest BCUT2D eigenvalue weighted by Crippen LogP contribution is -2.34. The molecule has 134 valence electrons. The third-order valence-electron chi connectivity index (χ3n) is 4.39. The normalized spacial score (nSPS) is 19.7. The summed E-state index contributed by atoms with van der Waals surface area (Å²) in [7, 11) is 1.71. The summed E-state index contributed by atoms with van der Waals surface area (Å²) in [6.45, 7) is 1.43. The molecule has 1 saturated heterocycles. The Balaban J connectivity index is 1.46. The van der Waals surface area contributed by atoms with Crippen LogP contribution in [-0.4, -0.2) is 56.8 Å². The van der Waals surface area contributed by atoms with Crippen LogP contribution in [0.25, 0.3) is 5.82 Å². The van der Waals surface area contributed by atoms with Gasteiger partial charge in [0.15, 0.2) is 5.82 Å². The van der Waals surface area contributed by atoms with Gasteiger partial charge in [-0.3, -0.25) is 0 Å². The Kier molecular flexibility index (Phi) is 4.36. The van der Waals surface area contributed by atoms with Crippen molar-refractivity contribution in [1.29, 1.82) is 0 Å². The van der Waals surface area contributed by atoms with Crippen LogP contribution in [0.5, 0.6) is 0 Å². The number of nitrogen functional groups attached to an aromatic ring is 1. The van der Waals surface area contributed by atoms with E-state index in [9.17, 15) is 0 Å². The zero-order chi connectivity index (χ0) is 17.9. The summed E-state index contributed by atoms with van der Waals surface area (Å²) >= 11 is 0. The molecule has 9 nitrogen and oxygen atoms in total. The van der Waals surface area contributed by atoms with Crippen molar-refractivity contribution >= 4 is 17.6 Å². The zero-order valence-electron chi connectivity index (χ0n) is 14.4. The van der Waals surface area contributed by atoms with E-state index < -0.39 is 0 Å². The second-order valence-electron chi connectivity index (χ2n) is 6.05. The number of rotatable bonds is 5. The molecule has 0 bridgehead atoms. The Morgan fingerprint density at radius 2 is 1.96 bits per heavy atom. The number of anilines is 3. The van der Waals surface area contributed by atoms with Crippen LogP contribution in [0.1, 0.15) is 0 Å². The van der Waals surface area contributed by atoms with E-state index in [1.54, 1.807) is 25.7 Å². The lowest BCUT2D eigenvalue weighted by molar-refractivity contribution is 0.113. The molecule has 4 heterocycles. The van der Waals surface area contributed by atoms with Crippen molar-refractivity contribution < 1.29 is 4.74 Å². The number of aromatic nitrogens is 5. The number of nitrogens with one attached hydrogen (secondary N) is 1. The van der Waals surface area contributed by atoms with E-state index in [1.165, 1.54) is 0 Å². The number of hydrogen-bond donors (Lipinski definition) is 2. The van der Waals surface area contributed by atoms with Crippen molar-refractivity contribution in [2.24, 2.45) is 0 Å². The average molecular weight is 352 g/mol. The van der Waals surface area contributed by atoms with Crippen LogP contribution in [0.3, 0.4) is 0 Å². The molecule has 9 heteroatoms. The second kappa shape index (κ2) is 6.96. The van der Waals surface area contributed by atoms with E-state index in [2.05, 4.69) is 30.2 Å². The van der Waals surface area contributed by atoms with Gasteiger partial charge in [-0.15, -0.1) is 0 Å². The van der Waals surface area contributed by atoms with Crippen molar-refractivity contribution in [3.63, 3.8) is 0 Å². The summed E-state index contributed by atoms with van der Waals surface area (Å²) in [5, 5.41) is 3.40. The molecule has 1 aliphatic rings. The van der Waals surface area contributed by atoms with E-state index in [-0.39, 0.29) is 18.1 Å². The Labute approximate surface area is 150 Å². The zero-order valence-corrected chi connectivity index (χ0v) is 14.4. The van der Waals surface area contributed by atoms with Gasteiger partial charge in [0.2, 0.25) is 5.95 Å². The quantitative estimate of drug-likeness (QED) is 0.699.